The number of hydrogen-bond acceptors (Lipinski definition) is 2. The second-order valence-electron chi connectivity index (χ2n) is 4.47. The van der Waals surface area contributed by atoms with Gasteiger partial charge in [0.1, 0.15) is 0 Å². The summed E-state index contributed by atoms with van der Waals surface area (Å²) in [6, 6.07) is 3.60. The van der Waals surface area contributed by atoms with E-state index in [1.807, 2.05) is 0 Å². The predicted octanol–water partition coefficient (Wildman–Crippen LogP) is 1.84. The number of rotatable bonds is 2. The SMILES string of the molecule is O=C(NC1CCCCNC1)c1cccc(F)c1F. The van der Waals surface area contributed by atoms with Crippen molar-refractivity contribution < 1.29 is 13.6 Å². The van der Waals surface area contributed by atoms with Crippen LogP contribution in [0.5, 0.6) is 0 Å². The molecule has 18 heavy (non-hydrogen) atoms. The molecular formula is C13H16F2N2O. The Morgan fingerprint density at radius 3 is 3.00 bits per heavy atom. The van der Waals surface area contributed by atoms with Crippen LogP contribution in [0.25, 0.3) is 0 Å². The predicted molar refractivity (Wildman–Crippen MR) is 64.3 cm³/mol. The van der Waals surface area contributed by atoms with Gasteiger partial charge < -0.3 is 10.6 Å². The van der Waals surface area contributed by atoms with Gasteiger partial charge in [-0.15, -0.1) is 0 Å². The van der Waals surface area contributed by atoms with Crippen molar-refractivity contribution in [2.24, 2.45) is 0 Å². The minimum Gasteiger partial charge on any atom is -0.348 e. The van der Waals surface area contributed by atoms with Gasteiger partial charge in [-0.1, -0.05) is 12.5 Å². The molecule has 0 aliphatic carbocycles. The van der Waals surface area contributed by atoms with Crippen LogP contribution in [0.3, 0.4) is 0 Å². The zero-order valence-corrected chi connectivity index (χ0v) is 10.0. The van der Waals surface area contributed by atoms with Gasteiger partial charge in [-0.3, -0.25) is 4.79 Å². The maximum Gasteiger partial charge on any atom is 0.254 e. The van der Waals surface area contributed by atoms with E-state index < -0.39 is 17.5 Å². The van der Waals surface area contributed by atoms with Crippen LogP contribution in [0, 0.1) is 11.6 Å². The van der Waals surface area contributed by atoms with E-state index in [0.29, 0.717) is 6.54 Å². The summed E-state index contributed by atoms with van der Waals surface area (Å²) in [7, 11) is 0. The lowest BCUT2D eigenvalue weighted by atomic mass is 10.1. The molecule has 1 aromatic carbocycles. The van der Waals surface area contributed by atoms with Crippen LogP contribution >= 0.6 is 0 Å². The summed E-state index contributed by atoms with van der Waals surface area (Å²) in [6.45, 7) is 1.60. The van der Waals surface area contributed by atoms with E-state index in [1.54, 1.807) is 0 Å². The average molecular weight is 254 g/mol. The monoisotopic (exact) mass is 254 g/mol. The number of halogens is 2. The van der Waals surface area contributed by atoms with Gasteiger partial charge in [0.25, 0.3) is 5.91 Å². The van der Waals surface area contributed by atoms with Crippen molar-refractivity contribution in [3.05, 3.63) is 35.4 Å². The lowest BCUT2D eigenvalue weighted by Gasteiger charge is -2.16. The minimum atomic E-state index is -1.09. The first kappa shape index (κ1) is 13.0. The zero-order valence-electron chi connectivity index (χ0n) is 10.0. The first-order chi connectivity index (χ1) is 8.68. The Morgan fingerprint density at radius 1 is 1.33 bits per heavy atom. The van der Waals surface area contributed by atoms with Gasteiger partial charge in [0.15, 0.2) is 11.6 Å². The highest BCUT2D eigenvalue weighted by Gasteiger charge is 2.19. The van der Waals surface area contributed by atoms with E-state index in [2.05, 4.69) is 10.6 Å². The Kier molecular flexibility index (Phi) is 4.25. The fourth-order valence-corrected chi connectivity index (χ4v) is 2.08. The summed E-state index contributed by atoms with van der Waals surface area (Å²) in [5.41, 5.74) is -0.237. The molecule has 2 rings (SSSR count). The van der Waals surface area contributed by atoms with Crippen LogP contribution in [0.4, 0.5) is 8.78 Å². The van der Waals surface area contributed by atoms with Crippen molar-refractivity contribution in [2.75, 3.05) is 13.1 Å². The summed E-state index contributed by atoms with van der Waals surface area (Å²) in [6.07, 6.45) is 2.94. The molecule has 0 aromatic heterocycles. The smallest absolute Gasteiger partial charge is 0.254 e. The fraction of sp³-hybridized carbons (Fsp3) is 0.462. The Labute approximate surface area is 105 Å². The first-order valence-electron chi connectivity index (χ1n) is 6.14. The van der Waals surface area contributed by atoms with Crippen LogP contribution < -0.4 is 10.6 Å². The lowest BCUT2D eigenvalue weighted by molar-refractivity contribution is 0.0930. The van der Waals surface area contributed by atoms with Gasteiger partial charge in [-0.05, 0) is 31.5 Å². The van der Waals surface area contributed by atoms with Crippen LogP contribution in [0.2, 0.25) is 0 Å². The molecule has 1 aliphatic heterocycles. The molecule has 1 unspecified atom stereocenters. The maximum absolute atomic E-state index is 13.4. The Balaban J connectivity index is 2.04. The largest absolute Gasteiger partial charge is 0.348 e. The topological polar surface area (TPSA) is 41.1 Å². The van der Waals surface area contributed by atoms with Crippen molar-refractivity contribution in [3.8, 4) is 0 Å². The third kappa shape index (κ3) is 3.04. The van der Waals surface area contributed by atoms with Gasteiger partial charge in [0, 0.05) is 12.6 Å². The van der Waals surface area contributed by atoms with E-state index in [0.717, 1.165) is 31.9 Å². The number of carbonyl (C=O) groups excluding carboxylic acids is 1. The van der Waals surface area contributed by atoms with Crippen LogP contribution in [0.1, 0.15) is 29.6 Å². The number of benzene rings is 1. The molecule has 98 valence electrons. The highest BCUT2D eigenvalue weighted by molar-refractivity contribution is 5.94. The highest BCUT2D eigenvalue weighted by Crippen LogP contribution is 2.12. The maximum atomic E-state index is 13.4. The van der Waals surface area contributed by atoms with Gasteiger partial charge in [-0.2, -0.15) is 0 Å². The second-order valence-corrected chi connectivity index (χ2v) is 4.47. The number of hydrogen-bond donors (Lipinski definition) is 2. The van der Waals surface area contributed by atoms with Gasteiger partial charge >= 0.3 is 0 Å². The quantitative estimate of drug-likeness (QED) is 0.845. The van der Waals surface area contributed by atoms with Crippen molar-refractivity contribution in [1.82, 2.24) is 10.6 Å². The van der Waals surface area contributed by atoms with Gasteiger partial charge in [0.05, 0.1) is 5.56 Å². The van der Waals surface area contributed by atoms with Gasteiger partial charge in [0.2, 0.25) is 0 Å². The molecule has 1 amide bonds. The zero-order chi connectivity index (χ0) is 13.0. The molecule has 0 saturated carbocycles. The standard InChI is InChI=1S/C13H16F2N2O/c14-11-6-3-5-10(12(11)15)13(18)17-9-4-1-2-7-16-8-9/h3,5-6,9,16H,1-2,4,7-8H2,(H,17,18). The molecule has 1 saturated heterocycles. The first-order valence-corrected chi connectivity index (χ1v) is 6.14. The number of carbonyl (C=O) groups is 1. The third-order valence-corrected chi connectivity index (χ3v) is 3.08. The lowest BCUT2D eigenvalue weighted by Crippen LogP contribution is -2.41. The van der Waals surface area contributed by atoms with Gasteiger partial charge in [-0.25, -0.2) is 8.78 Å². The summed E-state index contributed by atoms with van der Waals surface area (Å²) < 4.78 is 26.5. The van der Waals surface area contributed by atoms with E-state index in [-0.39, 0.29) is 11.6 Å². The molecule has 1 heterocycles. The molecule has 1 atom stereocenters. The van der Waals surface area contributed by atoms with E-state index in [9.17, 15) is 13.6 Å². The summed E-state index contributed by atoms with van der Waals surface area (Å²) in [5.74, 6) is -2.64. The molecule has 1 fully saturated rings. The van der Waals surface area contributed by atoms with Crippen LogP contribution in [0.15, 0.2) is 18.2 Å². The van der Waals surface area contributed by atoms with Crippen molar-refractivity contribution in [2.45, 2.75) is 25.3 Å². The molecule has 3 nitrogen and oxygen atoms in total. The molecule has 2 N–H and O–H groups in total. The highest BCUT2D eigenvalue weighted by atomic mass is 19.2. The average Bonchev–Trinajstić information content (AvgIpc) is 2.61. The van der Waals surface area contributed by atoms with E-state index >= 15 is 0 Å². The van der Waals surface area contributed by atoms with Crippen LogP contribution in [-0.4, -0.2) is 25.0 Å². The number of nitrogens with one attached hydrogen (secondary N) is 2. The summed E-state index contributed by atoms with van der Waals surface area (Å²) in [5, 5.41) is 5.93. The molecule has 0 bridgehead atoms. The summed E-state index contributed by atoms with van der Waals surface area (Å²) in [4.78, 5) is 11.9. The number of amides is 1. The minimum absolute atomic E-state index is 0.0253. The molecule has 0 spiro atoms. The fourth-order valence-electron chi connectivity index (χ4n) is 2.08. The molecule has 1 aliphatic rings. The van der Waals surface area contributed by atoms with E-state index in [1.165, 1.54) is 12.1 Å². The van der Waals surface area contributed by atoms with Crippen molar-refractivity contribution >= 4 is 5.91 Å². The molecule has 1 aromatic rings. The second kappa shape index (κ2) is 5.91. The Morgan fingerprint density at radius 2 is 2.17 bits per heavy atom. The summed E-state index contributed by atoms with van der Waals surface area (Å²) >= 11 is 0. The van der Waals surface area contributed by atoms with Crippen LogP contribution in [-0.2, 0) is 0 Å². The Bertz CT molecular complexity index is 429. The molecule has 0 radical (unpaired) electrons. The Hall–Kier alpha value is -1.49. The van der Waals surface area contributed by atoms with Crippen molar-refractivity contribution in [3.63, 3.8) is 0 Å². The molecule has 5 heteroatoms. The van der Waals surface area contributed by atoms with E-state index in [4.69, 9.17) is 0 Å². The molecular weight excluding hydrogens is 238 g/mol. The third-order valence-electron chi connectivity index (χ3n) is 3.08. The van der Waals surface area contributed by atoms with Crippen molar-refractivity contribution in [1.29, 1.82) is 0 Å². The normalized spacial score (nSPS) is 20.2.